The Morgan fingerprint density at radius 3 is 2.68 bits per heavy atom. The molecule has 106 valence electrons. The second-order valence-electron chi connectivity index (χ2n) is 5.15. The lowest BCUT2D eigenvalue weighted by atomic mass is 9.64. The van der Waals surface area contributed by atoms with Crippen molar-refractivity contribution in [3.05, 3.63) is 34.3 Å². The molecule has 0 aromatic heterocycles. The molecule has 1 atom stereocenters. The summed E-state index contributed by atoms with van der Waals surface area (Å²) in [5.74, 6) is -0.0729. The Hall–Kier alpha value is -0.580. The Balaban J connectivity index is 0.00000180. The molecule has 1 aromatic rings. The molecule has 0 spiro atoms. The van der Waals surface area contributed by atoms with Crippen molar-refractivity contribution in [1.82, 2.24) is 5.32 Å². The van der Waals surface area contributed by atoms with E-state index in [1.54, 1.807) is 6.92 Å². The van der Waals surface area contributed by atoms with Gasteiger partial charge in [0.25, 0.3) is 0 Å². The first-order valence-corrected chi connectivity index (χ1v) is 7.12. The number of nitrogens with two attached hydrogens (primary N) is 1. The van der Waals surface area contributed by atoms with Gasteiger partial charge in [-0.15, -0.1) is 12.4 Å². The molecule has 0 radical (unpaired) electrons. The Labute approximate surface area is 128 Å². The molecular weight excluding hydrogens is 328 g/mol. The van der Waals surface area contributed by atoms with Gasteiger partial charge in [0, 0.05) is 16.4 Å². The maximum Gasteiger partial charge on any atom is 0.236 e. The summed E-state index contributed by atoms with van der Waals surface area (Å²) in [4.78, 5) is 11.6. The molecule has 0 heterocycles. The fraction of sp³-hybridized carbons (Fsp3) is 0.500. The summed E-state index contributed by atoms with van der Waals surface area (Å²) in [5.41, 5.74) is 6.97. The zero-order valence-corrected chi connectivity index (χ0v) is 13.4. The Bertz CT molecular complexity index is 447. The van der Waals surface area contributed by atoms with Gasteiger partial charge >= 0.3 is 0 Å². The highest BCUT2D eigenvalue weighted by atomic mass is 79.9. The molecule has 1 aliphatic rings. The van der Waals surface area contributed by atoms with E-state index in [0.717, 1.165) is 17.3 Å². The quantitative estimate of drug-likeness (QED) is 0.880. The van der Waals surface area contributed by atoms with Crippen molar-refractivity contribution in [3.8, 4) is 0 Å². The fourth-order valence-electron chi connectivity index (χ4n) is 2.41. The van der Waals surface area contributed by atoms with Gasteiger partial charge in [0.15, 0.2) is 0 Å². The lowest BCUT2D eigenvalue weighted by molar-refractivity contribution is -0.122. The Morgan fingerprint density at radius 1 is 1.53 bits per heavy atom. The second-order valence-corrected chi connectivity index (χ2v) is 6.07. The average Bonchev–Trinajstić information content (AvgIpc) is 2.27. The van der Waals surface area contributed by atoms with E-state index >= 15 is 0 Å². The number of nitrogens with one attached hydrogen (secondary N) is 1. The molecule has 0 unspecified atom stereocenters. The standard InChI is InChI=1S/C14H19BrN2O.ClH/c1-10(16)13(18)17-9-14(6-3-7-14)11-4-2-5-12(15)8-11;/h2,4-5,8,10H,3,6-7,9,16H2,1H3,(H,17,18);1H/t10-;/m1./s1. The van der Waals surface area contributed by atoms with Gasteiger partial charge in [0.2, 0.25) is 5.91 Å². The van der Waals surface area contributed by atoms with E-state index in [1.165, 1.54) is 12.0 Å². The molecule has 0 aliphatic heterocycles. The normalized spacial score (nSPS) is 17.8. The maximum atomic E-state index is 11.6. The van der Waals surface area contributed by atoms with Crippen molar-refractivity contribution >= 4 is 34.2 Å². The van der Waals surface area contributed by atoms with Gasteiger partial charge < -0.3 is 11.1 Å². The molecule has 3 nitrogen and oxygen atoms in total. The first-order chi connectivity index (χ1) is 8.53. The summed E-state index contributed by atoms with van der Waals surface area (Å²) in [5, 5.41) is 2.96. The molecule has 5 heteroatoms. The molecule has 1 fully saturated rings. The van der Waals surface area contributed by atoms with Crippen LogP contribution >= 0.6 is 28.3 Å². The number of hydrogen-bond acceptors (Lipinski definition) is 2. The molecule has 1 amide bonds. The molecule has 1 saturated carbocycles. The summed E-state index contributed by atoms with van der Waals surface area (Å²) < 4.78 is 1.09. The van der Waals surface area contributed by atoms with Crippen molar-refractivity contribution in [2.24, 2.45) is 5.73 Å². The second kappa shape index (κ2) is 6.73. The van der Waals surface area contributed by atoms with Crippen molar-refractivity contribution < 1.29 is 4.79 Å². The minimum absolute atomic E-state index is 0. The Kier molecular flexibility index (Phi) is 5.83. The van der Waals surface area contributed by atoms with Crippen LogP contribution in [0.25, 0.3) is 0 Å². The molecule has 3 N–H and O–H groups in total. The van der Waals surface area contributed by atoms with Gasteiger partial charge in [0.05, 0.1) is 6.04 Å². The largest absolute Gasteiger partial charge is 0.354 e. The third-order valence-corrected chi connectivity index (χ3v) is 4.26. The predicted molar refractivity (Wildman–Crippen MR) is 83.6 cm³/mol. The van der Waals surface area contributed by atoms with Crippen LogP contribution in [0.1, 0.15) is 31.7 Å². The molecular formula is C14H20BrClN2O. The van der Waals surface area contributed by atoms with Crippen LogP contribution in [-0.4, -0.2) is 18.5 Å². The van der Waals surface area contributed by atoms with Gasteiger partial charge in [-0.05, 0) is 37.5 Å². The number of benzene rings is 1. The Morgan fingerprint density at radius 2 is 2.21 bits per heavy atom. The first-order valence-electron chi connectivity index (χ1n) is 6.33. The van der Waals surface area contributed by atoms with Crippen LogP contribution in [0, 0.1) is 0 Å². The van der Waals surface area contributed by atoms with Crippen LogP contribution in [0.5, 0.6) is 0 Å². The maximum absolute atomic E-state index is 11.6. The smallest absolute Gasteiger partial charge is 0.236 e. The van der Waals surface area contributed by atoms with Crippen molar-refractivity contribution in [3.63, 3.8) is 0 Å². The number of amides is 1. The topological polar surface area (TPSA) is 55.1 Å². The number of hydrogen-bond donors (Lipinski definition) is 2. The minimum Gasteiger partial charge on any atom is -0.354 e. The molecule has 1 aromatic carbocycles. The van der Waals surface area contributed by atoms with E-state index in [4.69, 9.17) is 5.73 Å². The van der Waals surface area contributed by atoms with Crippen molar-refractivity contribution in [1.29, 1.82) is 0 Å². The van der Waals surface area contributed by atoms with E-state index in [1.807, 2.05) is 12.1 Å². The minimum atomic E-state index is -0.440. The lowest BCUT2D eigenvalue weighted by Crippen LogP contribution is -2.49. The highest BCUT2D eigenvalue weighted by molar-refractivity contribution is 9.10. The van der Waals surface area contributed by atoms with Crippen LogP contribution in [0.15, 0.2) is 28.7 Å². The summed E-state index contributed by atoms with van der Waals surface area (Å²) >= 11 is 3.50. The third-order valence-electron chi connectivity index (χ3n) is 3.76. The lowest BCUT2D eigenvalue weighted by Gasteiger charge is -2.42. The first kappa shape index (κ1) is 16.5. The van der Waals surface area contributed by atoms with Crippen LogP contribution in [-0.2, 0) is 10.2 Å². The number of carbonyl (C=O) groups excluding carboxylic acids is 1. The van der Waals surface area contributed by atoms with E-state index in [9.17, 15) is 4.79 Å². The van der Waals surface area contributed by atoms with Crippen LogP contribution in [0.3, 0.4) is 0 Å². The van der Waals surface area contributed by atoms with Gasteiger partial charge in [-0.2, -0.15) is 0 Å². The molecule has 1 aliphatic carbocycles. The molecule has 0 bridgehead atoms. The van der Waals surface area contributed by atoms with Gasteiger partial charge in [0.1, 0.15) is 0 Å². The van der Waals surface area contributed by atoms with Crippen LogP contribution in [0.2, 0.25) is 0 Å². The van der Waals surface area contributed by atoms with Gasteiger partial charge in [-0.25, -0.2) is 0 Å². The monoisotopic (exact) mass is 346 g/mol. The average molecular weight is 348 g/mol. The highest BCUT2D eigenvalue weighted by Gasteiger charge is 2.39. The van der Waals surface area contributed by atoms with Crippen LogP contribution < -0.4 is 11.1 Å². The predicted octanol–water partition coefficient (Wildman–Crippen LogP) is 2.76. The van der Waals surface area contributed by atoms with Gasteiger partial charge in [-0.1, -0.05) is 34.5 Å². The summed E-state index contributed by atoms with van der Waals surface area (Å²) in [7, 11) is 0. The fourth-order valence-corrected chi connectivity index (χ4v) is 2.81. The SMILES string of the molecule is C[C@@H](N)C(=O)NCC1(c2cccc(Br)c2)CCC1.Cl. The summed E-state index contributed by atoms with van der Waals surface area (Å²) in [6, 6.07) is 7.92. The summed E-state index contributed by atoms with van der Waals surface area (Å²) in [6.45, 7) is 2.39. The van der Waals surface area contributed by atoms with E-state index in [-0.39, 0.29) is 23.7 Å². The van der Waals surface area contributed by atoms with Crippen LogP contribution in [0.4, 0.5) is 0 Å². The van der Waals surface area contributed by atoms with E-state index in [2.05, 4.69) is 33.4 Å². The third kappa shape index (κ3) is 3.71. The summed E-state index contributed by atoms with van der Waals surface area (Å²) in [6.07, 6.45) is 3.48. The molecule has 2 rings (SSSR count). The van der Waals surface area contributed by atoms with Gasteiger partial charge in [-0.3, -0.25) is 4.79 Å². The van der Waals surface area contributed by atoms with E-state index < -0.39 is 6.04 Å². The molecule has 0 saturated heterocycles. The van der Waals surface area contributed by atoms with Crippen molar-refractivity contribution in [2.45, 2.75) is 37.6 Å². The zero-order valence-electron chi connectivity index (χ0n) is 11.0. The number of halogens is 2. The molecule has 19 heavy (non-hydrogen) atoms. The zero-order chi connectivity index (χ0) is 13.2. The number of carbonyl (C=O) groups is 1. The van der Waals surface area contributed by atoms with Crippen molar-refractivity contribution in [2.75, 3.05) is 6.54 Å². The van der Waals surface area contributed by atoms with E-state index in [0.29, 0.717) is 6.54 Å². The number of rotatable bonds is 4. The highest BCUT2D eigenvalue weighted by Crippen LogP contribution is 2.43.